The van der Waals surface area contributed by atoms with Crippen LogP contribution in [0.4, 0.5) is 15.3 Å². The number of halogens is 2. The molecule has 2 N–H and O–H groups in total. The van der Waals surface area contributed by atoms with Crippen LogP contribution in [0.1, 0.15) is 36.8 Å². The first-order valence-corrected chi connectivity index (χ1v) is 16.7. The molecule has 3 atom stereocenters. The fourth-order valence-corrected chi connectivity index (χ4v) is 7.93. The van der Waals surface area contributed by atoms with E-state index in [2.05, 4.69) is 22.2 Å². The number of carbonyl (C=O) groups is 3. The lowest BCUT2D eigenvalue weighted by molar-refractivity contribution is -0.140. The van der Waals surface area contributed by atoms with Crippen LogP contribution in [0.2, 0.25) is 10.0 Å². The van der Waals surface area contributed by atoms with Gasteiger partial charge >= 0.3 is 12.1 Å². The molecule has 10 nitrogen and oxygen atoms in total. The Labute approximate surface area is 274 Å². The molecule has 242 valence electrons. The van der Waals surface area contributed by atoms with Crippen LogP contribution in [0.25, 0.3) is 0 Å². The third kappa shape index (κ3) is 7.04. The van der Waals surface area contributed by atoms with Crippen molar-refractivity contribution in [3.8, 4) is 0 Å². The van der Waals surface area contributed by atoms with Crippen molar-refractivity contribution in [1.82, 2.24) is 24.5 Å². The highest BCUT2D eigenvalue weighted by Crippen LogP contribution is 2.35. The number of hydrogen-bond donors (Lipinski definition) is 2. The van der Waals surface area contributed by atoms with Crippen LogP contribution in [-0.2, 0) is 17.8 Å². The fourth-order valence-electron chi connectivity index (χ4n) is 7.61. The van der Waals surface area contributed by atoms with Gasteiger partial charge in [-0.25, -0.2) is 9.59 Å². The molecule has 3 fully saturated rings. The molecule has 4 aliphatic rings. The number of nitrogens with zero attached hydrogens (tertiary/aromatic N) is 5. The van der Waals surface area contributed by atoms with Gasteiger partial charge in [0.25, 0.3) is 0 Å². The summed E-state index contributed by atoms with van der Waals surface area (Å²) < 4.78 is 0. The van der Waals surface area contributed by atoms with E-state index >= 15 is 0 Å². The molecule has 6 rings (SSSR count). The second kappa shape index (κ2) is 13.7. The van der Waals surface area contributed by atoms with Crippen molar-refractivity contribution >= 4 is 46.9 Å². The number of anilines is 1. The molecule has 4 aliphatic heterocycles. The molecule has 4 heterocycles. The van der Waals surface area contributed by atoms with Crippen LogP contribution in [0, 0.1) is 5.92 Å². The van der Waals surface area contributed by atoms with Crippen LogP contribution in [0.5, 0.6) is 0 Å². The molecule has 4 amide bonds. The Morgan fingerprint density at radius 2 is 1.64 bits per heavy atom. The third-order valence-electron chi connectivity index (χ3n) is 10.2. The van der Waals surface area contributed by atoms with E-state index in [1.54, 1.807) is 17.0 Å². The Bertz CT molecular complexity index is 1410. The minimum absolute atomic E-state index is 0.0468. The number of rotatable bonds is 6. The molecule has 0 aliphatic carbocycles. The molecular formula is C33H42Cl2N6O4. The van der Waals surface area contributed by atoms with E-state index in [0.29, 0.717) is 55.0 Å². The van der Waals surface area contributed by atoms with E-state index in [4.69, 9.17) is 23.2 Å². The smallest absolute Gasteiger partial charge is 0.407 e. The Morgan fingerprint density at radius 1 is 0.933 bits per heavy atom. The lowest BCUT2D eigenvalue weighted by Crippen LogP contribution is -2.60. The monoisotopic (exact) mass is 656 g/mol. The minimum Gasteiger partial charge on any atom is -0.465 e. The number of carboxylic acid groups (broad SMARTS) is 1. The summed E-state index contributed by atoms with van der Waals surface area (Å²) in [6.07, 6.45) is 2.41. The van der Waals surface area contributed by atoms with Gasteiger partial charge < -0.3 is 30.0 Å². The highest BCUT2D eigenvalue weighted by Gasteiger charge is 2.44. The number of piperidine rings is 2. The second-order valence-corrected chi connectivity index (χ2v) is 13.7. The van der Waals surface area contributed by atoms with Gasteiger partial charge in [-0.2, -0.15) is 0 Å². The van der Waals surface area contributed by atoms with E-state index in [1.165, 1.54) is 4.90 Å². The van der Waals surface area contributed by atoms with Crippen molar-refractivity contribution in [2.75, 3.05) is 58.2 Å². The van der Waals surface area contributed by atoms with Crippen molar-refractivity contribution in [3.05, 3.63) is 63.6 Å². The normalized spacial score (nSPS) is 24.2. The zero-order valence-corrected chi connectivity index (χ0v) is 27.2. The summed E-state index contributed by atoms with van der Waals surface area (Å²) in [6.45, 7) is 5.69. The third-order valence-corrected chi connectivity index (χ3v) is 11.0. The Kier molecular flexibility index (Phi) is 9.75. The van der Waals surface area contributed by atoms with Crippen LogP contribution in [-0.4, -0.2) is 119 Å². The fraction of sp³-hybridized carbons (Fsp3) is 0.545. The summed E-state index contributed by atoms with van der Waals surface area (Å²) in [4.78, 5) is 50.4. The number of urea groups is 1. The number of benzene rings is 2. The second-order valence-electron chi connectivity index (χ2n) is 12.9. The van der Waals surface area contributed by atoms with E-state index in [-0.39, 0.29) is 24.5 Å². The number of nitrogens with one attached hydrogen (secondary N) is 1. The van der Waals surface area contributed by atoms with E-state index < -0.39 is 18.1 Å². The molecule has 12 heteroatoms. The number of hydrogen-bond acceptors (Lipinski definition) is 5. The van der Waals surface area contributed by atoms with Crippen LogP contribution < -0.4 is 5.32 Å². The molecular weight excluding hydrogens is 615 g/mol. The molecule has 0 aromatic heterocycles. The van der Waals surface area contributed by atoms with Crippen LogP contribution >= 0.6 is 23.2 Å². The number of carbonyl (C=O) groups excluding carboxylic acids is 2. The summed E-state index contributed by atoms with van der Waals surface area (Å²) in [5.41, 5.74) is 2.63. The summed E-state index contributed by atoms with van der Waals surface area (Å²) in [5, 5.41) is 14.1. The average Bonchev–Trinajstić information content (AvgIpc) is 3.05. The quantitative estimate of drug-likeness (QED) is 0.457. The van der Waals surface area contributed by atoms with Crippen molar-refractivity contribution in [3.63, 3.8) is 0 Å². The van der Waals surface area contributed by atoms with E-state index in [1.807, 2.05) is 35.2 Å². The van der Waals surface area contributed by atoms with E-state index in [0.717, 1.165) is 55.8 Å². The van der Waals surface area contributed by atoms with Crippen LogP contribution in [0.3, 0.4) is 0 Å². The van der Waals surface area contributed by atoms with Crippen LogP contribution in [0.15, 0.2) is 42.5 Å². The van der Waals surface area contributed by atoms with Crippen molar-refractivity contribution in [2.45, 2.75) is 56.8 Å². The largest absolute Gasteiger partial charge is 0.465 e. The molecule has 2 aromatic rings. The summed E-state index contributed by atoms with van der Waals surface area (Å²) in [7, 11) is 2.16. The van der Waals surface area contributed by atoms with Gasteiger partial charge in [0.1, 0.15) is 0 Å². The first kappa shape index (κ1) is 31.9. The minimum atomic E-state index is -1.05. The van der Waals surface area contributed by atoms with Gasteiger partial charge in [-0.05, 0) is 81.6 Å². The number of para-hydroxylation sites is 1. The summed E-state index contributed by atoms with van der Waals surface area (Å²) in [6, 6.07) is 12.6. The van der Waals surface area contributed by atoms with Gasteiger partial charge in [0.15, 0.2) is 0 Å². The zero-order chi connectivity index (χ0) is 31.7. The number of likely N-dealkylation sites (tertiary alicyclic amines) is 2. The average molecular weight is 658 g/mol. The molecule has 2 aromatic carbocycles. The molecule has 0 bridgehead atoms. The Hall–Kier alpha value is -3.05. The SMILES string of the molecule is CN1CCC(N2CCN(C(=O)C(Cc3ccc(Cl)c(Cl)c3)[C@H]3CC(N4Cc5ccccc5NC4=O)CCN3C(=O)O)CC2)CC1. The maximum Gasteiger partial charge on any atom is 0.407 e. The zero-order valence-electron chi connectivity index (χ0n) is 25.7. The predicted octanol–water partition coefficient (Wildman–Crippen LogP) is 4.95. The lowest BCUT2D eigenvalue weighted by Gasteiger charge is -2.47. The van der Waals surface area contributed by atoms with E-state index in [9.17, 15) is 19.5 Å². The molecule has 2 unspecified atom stereocenters. The van der Waals surface area contributed by atoms with Gasteiger partial charge in [0.05, 0.1) is 16.0 Å². The maximum absolute atomic E-state index is 14.5. The summed E-state index contributed by atoms with van der Waals surface area (Å²) >= 11 is 12.6. The lowest BCUT2D eigenvalue weighted by atomic mass is 9.82. The maximum atomic E-state index is 14.5. The Morgan fingerprint density at radius 3 is 2.36 bits per heavy atom. The number of piperazine rings is 1. The summed E-state index contributed by atoms with van der Waals surface area (Å²) in [5.74, 6) is -0.689. The molecule has 0 radical (unpaired) electrons. The molecule has 3 saturated heterocycles. The van der Waals surface area contributed by atoms with Gasteiger partial charge in [-0.15, -0.1) is 0 Å². The van der Waals surface area contributed by atoms with Gasteiger partial charge in [0.2, 0.25) is 5.91 Å². The molecule has 45 heavy (non-hydrogen) atoms. The van der Waals surface area contributed by atoms with Crippen molar-refractivity contribution in [1.29, 1.82) is 0 Å². The van der Waals surface area contributed by atoms with Crippen molar-refractivity contribution < 1.29 is 19.5 Å². The highest BCUT2D eigenvalue weighted by molar-refractivity contribution is 6.42. The van der Waals surface area contributed by atoms with Gasteiger partial charge in [-0.1, -0.05) is 47.5 Å². The highest BCUT2D eigenvalue weighted by atomic mass is 35.5. The first-order chi connectivity index (χ1) is 21.7. The standard InChI is InChI=1S/C33H42Cl2N6O4/c1-37-11-8-24(9-12-37)38-14-16-39(17-15-38)31(42)26(18-22-6-7-27(34)28(35)19-22)30-20-25(10-13-40(30)33(44)45)41-21-23-4-2-3-5-29(23)36-32(41)43/h2-7,19,24-26,30H,8-18,20-21H2,1H3,(H,36,43)(H,44,45)/t25?,26?,30-/m1/s1. The number of fused-ring (bicyclic) bond motifs is 1. The molecule has 0 spiro atoms. The Balaban J connectivity index is 1.24. The van der Waals surface area contributed by atoms with Crippen molar-refractivity contribution in [2.24, 2.45) is 5.92 Å². The predicted molar refractivity (Wildman–Crippen MR) is 175 cm³/mol. The first-order valence-electron chi connectivity index (χ1n) is 16.0. The topological polar surface area (TPSA) is 99.7 Å². The van der Waals surface area contributed by atoms with Gasteiger partial charge in [0, 0.05) is 63.1 Å². The molecule has 0 saturated carbocycles. The van der Waals surface area contributed by atoms with Gasteiger partial charge in [-0.3, -0.25) is 9.69 Å². The number of amides is 4.